The Morgan fingerprint density at radius 1 is 1.24 bits per heavy atom. The van der Waals surface area contributed by atoms with E-state index in [1.165, 1.54) is 25.8 Å². The van der Waals surface area contributed by atoms with Crippen molar-refractivity contribution in [3.8, 4) is 0 Å². The molecule has 21 heavy (non-hydrogen) atoms. The molecule has 120 valence electrons. The highest BCUT2D eigenvalue weighted by Gasteiger charge is 2.27. The molecule has 3 heteroatoms. The van der Waals surface area contributed by atoms with Crippen LogP contribution in [0.3, 0.4) is 0 Å². The highest BCUT2D eigenvalue weighted by atomic mass is 16.2. The van der Waals surface area contributed by atoms with Gasteiger partial charge >= 0.3 is 0 Å². The first-order valence-electron chi connectivity index (χ1n) is 8.83. The largest absolute Gasteiger partial charge is 0.346 e. The molecule has 0 aromatic heterocycles. The molecule has 0 unspecified atom stereocenters. The number of hydrogen-bond acceptors (Lipinski definition) is 2. The molecule has 0 N–H and O–H groups in total. The zero-order chi connectivity index (χ0) is 15.1. The van der Waals surface area contributed by atoms with E-state index in [9.17, 15) is 4.79 Å². The quantitative estimate of drug-likeness (QED) is 0.701. The minimum absolute atomic E-state index is 0.273. The molecule has 3 nitrogen and oxygen atoms in total. The van der Waals surface area contributed by atoms with Gasteiger partial charge < -0.3 is 9.80 Å². The SMILES string of the molecule is CCCCN(C)C(=O)C1CCN(C[C@H]2CC=CCC2)CC1. The van der Waals surface area contributed by atoms with Crippen molar-refractivity contribution >= 4 is 5.91 Å². The first-order valence-corrected chi connectivity index (χ1v) is 8.83. The number of hydrogen-bond donors (Lipinski definition) is 0. The van der Waals surface area contributed by atoms with Crippen molar-refractivity contribution in [2.75, 3.05) is 33.2 Å². The number of piperidine rings is 1. The third-order valence-electron chi connectivity index (χ3n) is 5.05. The van der Waals surface area contributed by atoms with E-state index in [2.05, 4.69) is 24.0 Å². The average molecular weight is 292 g/mol. The van der Waals surface area contributed by atoms with Crippen LogP contribution in [-0.4, -0.2) is 48.9 Å². The lowest BCUT2D eigenvalue weighted by atomic mass is 9.91. The van der Waals surface area contributed by atoms with Crippen LogP contribution in [-0.2, 0) is 4.79 Å². The second-order valence-corrected chi connectivity index (χ2v) is 6.84. The number of nitrogens with zero attached hydrogens (tertiary/aromatic N) is 2. The van der Waals surface area contributed by atoms with Gasteiger partial charge in [-0.25, -0.2) is 0 Å². The van der Waals surface area contributed by atoms with Gasteiger partial charge in [0, 0.05) is 26.1 Å². The molecule has 1 atom stereocenters. The van der Waals surface area contributed by atoms with Crippen molar-refractivity contribution in [3.05, 3.63) is 12.2 Å². The molecular weight excluding hydrogens is 260 g/mol. The van der Waals surface area contributed by atoms with Gasteiger partial charge in [-0.15, -0.1) is 0 Å². The van der Waals surface area contributed by atoms with Gasteiger partial charge in [-0.1, -0.05) is 25.5 Å². The van der Waals surface area contributed by atoms with E-state index in [1.807, 2.05) is 11.9 Å². The molecule has 0 aromatic carbocycles. The Morgan fingerprint density at radius 3 is 2.62 bits per heavy atom. The molecule has 1 saturated heterocycles. The number of unbranched alkanes of at least 4 members (excludes halogenated alkanes) is 1. The highest BCUT2D eigenvalue weighted by Crippen LogP contribution is 2.24. The fraction of sp³-hybridized carbons (Fsp3) is 0.833. The lowest BCUT2D eigenvalue weighted by molar-refractivity contribution is -0.135. The van der Waals surface area contributed by atoms with Gasteiger partial charge in [-0.05, 0) is 57.5 Å². The third-order valence-corrected chi connectivity index (χ3v) is 5.05. The predicted molar refractivity (Wildman–Crippen MR) is 88.2 cm³/mol. The fourth-order valence-corrected chi connectivity index (χ4v) is 3.57. The summed E-state index contributed by atoms with van der Waals surface area (Å²) in [5.41, 5.74) is 0. The van der Waals surface area contributed by atoms with Gasteiger partial charge in [0.1, 0.15) is 0 Å². The summed E-state index contributed by atoms with van der Waals surface area (Å²) in [4.78, 5) is 16.9. The number of rotatable bonds is 6. The summed E-state index contributed by atoms with van der Waals surface area (Å²) < 4.78 is 0. The molecule has 0 aromatic rings. The normalized spacial score (nSPS) is 24.2. The molecule has 1 fully saturated rings. The summed E-state index contributed by atoms with van der Waals surface area (Å²) in [5.74, 6) is 1.49. The van der Waals surface area contributed by atoms with Crippen molar-refractivity contribution in [2.24, 2.45) is 11.8 Å². The van der Waals surface area contributed by atoms with E-state index in [1.54, 1.807) is 0 Å². The molecule has 1 aliphatic heterocycles. The Kier molecular flexibility index (Phi) is 6.75. The van der Waals surface area contributed by atoms with Crippen molar-refractivity contribution in [1.82, 2.24) is 9.80 Å². The Hall–Kier alpha value is -0.830. The molecular formula is C18H32N2O. The van der Waals surface area contributed by atoms with Crippen LogP contribution in [0.5, 0.6) is 0 Å². The van der Waals surface area contributed by atoms with Crippen LogP contribution in [0, 0.1) is 11.8 Å². The Bertz CT molecular complexity index is 345. The second-order valence-electron chi connectivity index (χ2n) is 6.84. The summed E-state index contributed by atoms with van der Waals surface area (Å²) in [6.07, 6.45) is 12.9. The second kappa shape index (κ2) is 8.57. The zero-order valence-electron chi connectivity index (χ0n) is 13.9. The first-order chi connectivity index (χ1) is 10.2. The Balaban J connectivity index is 1.69. The fourth-order valence-electron chi connectivity index (χ4n) is 3.57. The minimum atomic E-state index is 0.273. The molecule has 0 bridgehead atoms. The molecule has 1 amide bonds. The summed E-state index contributed by atoms with van der Waals surface area (Å²) >= 11 is 0. The smallest absolute Gasteiger partial charge is 0.225 e. The lowest BCUT2D eigenvalue weighted by Gasteiger charge is -2.35. The van der Waals surface area contributed by atoms with E-state index in [4.69, 9.17) is 0 Å². The minimum Gasteiger partial charge on any atom is -0.346 e. The number of likely N-dealkylation sites (tertiary alicyclic amines) is 1. The zero-order valence-corrected chi connectivity index (χ0v) is 13.9. The van der Waals surface area contributed by atoms with Gasteiger partial charge in [-0.2, -0.15) is 0 Å². The average Bonchev–Trinajstić information content (AvgIpc) is 2.53. The van der Waals surface area contributed by atoms with Crippen LogP contribution in [0.2, 0.25) is 0 Å². The number of allylic oxidation sites excluding steroid dienone is 2. The van der Waals surface area contributed by atoms with Crippen LogP contribution >= 0.6 is 0 Å². The van der Waals surface area contributed by atoms with Gasteiger partial charge in [0.2, 0.25) is 5.91 Å². The third kappa shape index (κ3) is 5.14. The number of amides is 1. The van der Waals surface area contributed by atoms with Crippen molar-refractivity contribution in [2.45, 2.75) is 51.9 Å². The maximum atomic E-state index is 12.4. The van der Waals surface area contributed by atoms with E-state index in [0.717, 1.165) is 51.2 Å². The molecule has 1 heterocycles. The van der Waals surface area contributed by atoms with Gasteiger partial charge in [0.15, 0.2) is 0 Å². The van der Waals surface area contributed by atoms with Gasteiger partial charge in [-0.3, -0.25) is 4.79 Å². The highest BCUT2D eigenvalue weighted by molar-refractivity contribution is 5.78. The van der Waals surface area contributed by atoms with Crippen LogP contribution < -0.4 is 0 Å². The van der Waals surface area contributed by atoms with Gasteiger partial charge in [0.25, 0.3) is 0 Å². The maximum absolute atomic E-state index is 12.4. The van der Waals surface area contributed by atoms with Gasteiger partial charge in [0.05, 0.1) is 0 Å². The monoisotopic (exact) mass is 292 g/mol. The van der Waals surface area contributed by atoms with E-state index in [0.29, 0.717) is 5.91 Å². The summed E-state index contributed by atoms with van der Waals surface area (Å²) in [6, 6.07) is 0. The van der Waals surface area contributed by atoms with Crippen LogP contribution in [0.25, 0.3) is 0 Å². The van der Waals surface area contributed by atoms with Crippen molar-refractivity contribution in [3.63, 3.8) is 0 Å². The Labute approximate surface area is 130 Å². The van der Waals surface area contributed by atoms with E-state index >= 15 is 0 Å². The molecule has 0 saturated carbocycles. The van der Waals surface area contributed by atoms with Crippen LogP contribution in [0.4, 0.5) is 0 Å². The molecule has 2 aliphatic rings. The molecule has 1 aliphatic carbocycles. The predicted octanol–water partition coefficient (Wildman–Crippen LogP) is 3.31. The molecule has 0 radical (unpaired) electrons. The first kappa shape index (κ1) is 16.5. The topological polar surface area (TPSA) is 23.6 Å². The van der Waals surface area contributed by atoms with Crippen LogP contribution in [0.1, 0.15) is 51.9 Å². The standard InChI is InChI=1S/C18H32N2O/c1-3-4-12-19(2)18(21)17-10-13-20(14-11-17)15-16-8-6-5-7-9-16/h5-6,16-17H,3-4,7-15H2,1-2H3/t16-/m0/s1. The number of carbonyl (C=O) groups excluding carboxylic acids is 1. The summed E-state index contributed by atoms with van der Waals surface area (Å²) in [6.45, 7) is 6.55. The van der Waals surface area contributed by atoms with Crippen molar-refractivity contribution < 1.29 is 4.79 Å². The number of carbonyl (C=O) groups is 1. The van der Waals surface area contributed by atoms with E-state index < -0.39 is 0 Å². The van der Waals surface area contributed by atoms with E-state index in [-0.39, 0.29) is 5.92 Å². The summed E-state index contributed by atoms with van der Waals surface area (Å²) in [7, 11) is 1.97. The molecule has 0 spiro atoms. The molecule has 2 rings (SSSR count). The van der Waals surface area contributed by atoms with Crippen LogP contribution in [0.15, 0.2) is 12.2 Å². The lowest BCUT2D eigenvalue weighted by Crippen LogP contribution is -2.43. The summed E-state index contributed by atoms with van der Waals surface area (Å²) in [5, 5.41) is 0. The van der Waals surface area contributed by atoms with Crippen molar-refractivity contribution in [1.29, 1.82) is 0 Å². The Morgan fingerprint density at radius 2 is 2.00 bits per heavy atom. The maximum Gasteiger partial charge on any atom is 0.225 e.